The number of hydrogen-bond acceptors (Lipinski definition) is 3. The van der Waals surface area contributed by atoms with Crippen molar-refractivity contribution in [2.75, 3.05) is 0 Å². The van der Waals surface area contributed by atoms with Gasteiger partial charge in [0.05, 0.1) is 0 Å². The van der Waals surface area contributed by atoms with E-state index in [1.807, 2.05) is 0 Å². The third kappa shape index (κ3) is 1.67. The Kier molecular flexibility index (Phi) is 2.14. The summed E-state index contributed by atoms with van der Waals surface area (Å²) >= 11 is 0. The third-order valence-corrected chi connectivity index (χ3v) is 2.44. The van der Waals surface area contributed by atoms with E-state index in [1.165, 1.54) is 18.5 Å². The number of hydrogen-bond donors (Lipinski definition) is 0. The quantitative estimate of drug-likeness (QED) is 0.452. The highest BCUT2D eigenvalue weighted by Gasteiger charge is 2.04. The predicted molar refractivity (Wildman–Crippen MR) is 61.6 cm³/mol. The van der Waals surface area contributed by atoms with Gasteiger partial charge in [-0.25, -0.2) is 14.5 Å². The Morgan fingerprint density at radius 3 is 2.88 bits per heavy atom. The zero-order valence-electron chi connectivity index (χ0n) is 8.71. The van der Waals surface area contributed by atoms with Gasteiger partial charge in [0.1, 0.15) is 13.5 Å². The van der Waals surface area contributed by atoms with Crippen LogP contribution < -0.4 is 5.46 Å². The van der Waals surface area contributed by atoms with Crippen molar-refractivity contribution in [1.82, 2.24) is 19.6 Å². The molecule has 3 rings (SSSR count). The van der Waals surface area contributed by atoms with E-state index in [4.69, 9.17) is 7.85 Å². The molecule has 0 unspecified atom stereocenters. The fraction of sp³-hybridized carbons (Fsp3) is 0. The van der Waals surface area contributed by atoms with Crippen molar-refractivity contribution < 1.29 is 4.39 Å². The number of halogens is 1. The molecule has 0 amide bonds. The second-order valence-corrected chi connectivity index (χ2v) is 3.58. The van der Waals surface area contributed by atoms with Crippen LogP contribution in [0.1, 0.15) is 0 Å². The van der Waals surface area contributed by atoms with Gasteiger partial charge in [0.15, 0.2) is 0 Å². The zero-order chi connectivity index (χ0) is 11.8. The first-order valence-electron chi connectivity index (χ1n) is 4.95. The summed E-state index contributed by atoms with van der Waals surface area (Å²) in [5, 5.41) is 4.05. The van der Waals surface area contributed by atoms with Gasteiger partial charge in [-0.2, -0.15) is 9.49 Å². The minimum Gasteiger partial charge on any atom is -0.237 e. The molecular formula is C11H6BFN4. The summed E-state index contributed by atoms with van der Waals surface area (Å²) < 4.78 is 14.6. The Balaban J connectivity index is 2.18. The first-order chi connectivity index (χ1) is 8.24. The SMILES string of the molecule is [B]c1cnn2cc(-c3ccnc(F)c3)cnc12. The maximum Gasteiger partial charge on any atom is 0.213 e. The van der Waals surface area contributed by atoms with Crippen molar-refractivity contribution in [3.05, 3.63) is 42.9 Å². The lowest BCUT2D eigenvalue weighted by atomic mass is 10.0. The van der Waals surface area contributed by atoms with Crippen molar-refractivity contribution in [1.29, 1.82) is 0 Å². The predicted octanol–water partition coefficient (Wildman–Crippen LogP) is 0.724. The highest BCUT2D eigenvalue weighted by atomic mass is 19.1. The van der Waals surface area contributed by atoms with Crippen LogP contribution in [0.2, 0.25) is 0 Å². The number of rotatable bonds is 1. The van der Waals surface area contributed by atoms with Crippen LogP contribution in [0.3, 0.4) is 0 Å². The van der Waals surface area contributed by atoms with Crippen LogP contribution in [-0.2, 0) is 0 Å². The topological polar surface area (TPSA) is 43.1 Å². The maximum atomic E-state index is 13.0. The van der Waals surface area contributed by atoms with E-state index in [9.17, 15) is 4.39 Å². The molecule has 17 heavy (non-hydrogen) atoms. The molecule has 3 aromatic rings. The lowest BCUT2D eigenvalue weighted by Gasteiger charge is -2.02. The second kappa shape index (κ2) is 3.66. The van der Waals surface area contributed by atoms with E-state index in [0.29, 0.717) is 16.7 Å². The number of nitrogens with zero attached hydrogens (tertiary/aromatic N) is 4. The highest BCUT2D eigenvalue weighted by Crippen LogP contribution is 2.17. The van der Waals surface area contributed by atoms with Crippen LogP contribution in [0, 0.1) is 5.95 Å². The summed E-state index contributed by atoms with van der Waals surface area (Å²) in [4.78, 5) is 7.68. The summed E-state index contributed by atoms with van der Waals surface area (Å²) in [5.41, 5.74) is 2.55. The molecule has 0 saturated heterocycles. The molecule has 3 heterocycles. The van der Waals surface area contributed by atoms with E-state index >= 15 is 0 Å². The number of fused-ring (bicyclic) bond motifs is 1. The van der Waals surface area contributed by atoms with Gasteiger partial charge in [0, 0.05) is 36.4 Å². The lowest BCUT2D eigenvalue weighted by Crippen LogP contribution is -2.02. The van der Waals surface area contributed by atoms with Gasteiger partial charge >= 0.3 is 0 Å². The summed E-state index contributed by atoms with van der Waals surface area (Å²) in [6.07, 6.45) is 6.31. The van der Waals surface area contributed by atoms with Crippen LogP contribution in [0.4, 0.5) is 4.39 Å². The van der Waals surface area contributed by atoms with Gasteiger partial charge in [-0.1, -0.05) is 0 Å². The van der Waals surface area contributed by atoms with Gasteiger partial charge in [0.2, 0.25) is 5.95 Å². The summed E-state index contributed by atoms with van der Waals surface area (Å²) in [5.74, 6) is -0.525. The number of pyridine rings is 1. The Hall–Kier alpha value is -2.24. The standard InChI is InChI=1S/C11H6BFN4/c12-9-5-16-17-6-8(4-15-11(9)17)7-1-2-14-10(13)3-7/h1-6H. The van der Waals surface area contributed by atoms with Crippen LogP contribution in [0.25, 0.3) is 16.8 Å². The van der Waals surface area contributed by atoms with E-state index in [-0.39, 0.29) is 0 Å². The fourth-order valence-electron chi connectivity index (χ4n) is 1.62. The average molecular weight is 224 g/mol. The molecule has 0 saturated carbocycles. The smallest absolute Gasteiger partial charge is 0.213 e. The van der Waals surface area contributed by atoms with E-state index in [2.05, 4.69) is 15.1 Å². The van der Waals surface area contributed by atoms with E-state index < -0.39 is 5.95 Å². The highest BCUT2D eigenvalue weighted by molar-refractivity contribution is 6.36. The van der Waals surface area contributed by atoms with Gasteiger partial charge in [-0.05, 0) is 17.1 Å². The molecule has 2 radical (unpaired) electrons. The fourth-order valence-corrected chi connectivity index (χ4v) is 1.62. The van der Waals surface area contributed by atoms with Crippen LogP contribution in [-0.4, -0.2) is 27.4 Å². The summed E-state index contributed by atoms with van der Waals surface area (Å²) in [6, 6.07) is 3.05. The van der Waals surface area contributed by atoms with Crippen molar-refractivity contribution >= 4 is 19.0 Å². The summed E-state index contributed by atoms with van der Waals surface area (Å²) in [7, 11) is 5.67. The van der Waals surface area contributed by atoms with Gasteiger partial charge in [-0.15, -0.1) is 0 Å². The molecule has 0 aliphatic rings. The molecule has 0 atom stereocenters. The molecule has 0 fully saturated rings. The second-order valence-electron chi connectivity index (χ2n) is 3.58. The van der Waals surface area contributed by atoms with Crippen molar-refractivity contribution in [3.63, 3.8) is 0 Å². The Morgan fingerprint density at radius 1 is 1.18 bits per heavy atom. The minimum absolute atomic E-state index is 0.512. The summed E-state index contributed by atoms with van der Waals surface area (Å²) in [6.45, 7) is 0. The van der Waals surface area contributed by atoms with Gasteiger partial charge in [-0.3, -0.25) is 0 Å². The van der Waals surface area contributed by atoms with Crippen molar-refractivity contribution in [3.8, 4) is 11.1 Å². The molecule has 0 aliphatic carbocycles. The van der Waals surface area contributed by atoms with Gasteiger partial charge < -0.3 is 0 Å². The first kappa shape index (κ1) is 9.95. The van der Waals surface area contributed by atoms with Crippen LogP contribution in [0.5, 0.6) is 0 Å². The Bertz CT molecular complexity index is 695. The molecule has 0 aromatic carbocycles. The van der Waals surface area contributed by atoms with Crippen LogP contribution in [0.15, 0.2) is 36.9 Å². The van der Waals surface area contributed by atoms with E-state index in [1.54, 1.807) is 23.0 Å². The molecule has 3 aromatic heterocycles. The molecular weight excluding hydrogens is 218 g/mol. The third-order valence-electron chi connectivity index (χ3n) is 2.44. The van der Waals surface area contributed by atoms with Gasteiger partial charge in [0.25, 0.3) is 0 Å². The molecule has 4 nitrogen and oxygen atoms in total. The molecule has 6 heteroatoms. The van der Waals surface area contributed by atoms with Crippen molar-refractivity contribution in [2.45, 2.75) is 0 Å². The van der Waals surface area contributed by atoms with Crippen molar-refractivity contribution in [2.24, 2.45) is 0 Å². The first-order valence-corrected chi connectivity index (χ1v) is 4.95. The van der Waals surface area contributed by atoms with E-state index in [0.717, 1.165) is 5.56 Å². The Morgan fingerprint density at radius 2 is 2.06 bits per heavy atom. The molecule has 80 valence electrons. The minimum atomic E-state index is -0.525. The molecule has 0 N–H and O–H groups in total. The van der Waals surface area contributed by atoms with Crippen LogP contribution >= 0.6 is 0 Å². The lowest BCUT2D eigenvalue weighted by molar-refractivity contribution is 0.584. The Labute approximate surface area is 97.6 Å². The number of aromatic nitrogens is 4. The molecule has 0 spiro atoms. The zero-order valence-corrected chi connectivity index (χ0v) is 8.71. The average Bonchev–Trinajstić information content (AvgIpc) is 2.71. The maximum absolute atomic E-state index is 13.0. The largest absolute Gasteiger partial charge is 0.237 e. The monoisotopic (exact) mass is 224 g/mol. The molecule has 0 aliphatic heterocycles. The normalized spacial score (nSPS) is 10.9. The molecule has 0 bridgehead atoms.